The first-order chi connectivity index (χ1) is 25.8. The maximum atomic E-state index is 2.62. The SMILES string of the molecule is CCCCCCCCCCCCCCc1cc2ccccc2c(CCCCCCCCCCCCCC)c1CCCCCCCCCCCCCC. The quantitative estimate of drug-likeness (QED) is 0.0604. The molecule has 0 aliphatic rings. The van der Waals surface area contributed by atoms with Gasteiger partial charge in [0.15, 0.2) is 0 Å². The van der Waals surface area contributed by atoms with Crippen LogP contribution in [0.5, 0.6) is 0 Å². The largest absolute Gasteiger partial charge is 0.0654 e. The monoisotopic (exact) mass is 717 g/mol. The third kappa shape index (κ3) is 24.2. The molecule has 2 aromatic rings. The lowest BCUT2D eigenvalue weighted by Gasteiger charge is -2.19. The van der Waals surface area contributed by atoms with Crippen LogP contribution in [0.4, 0.5) is 0 Å². The summed E-state index contributed by atoms with van der Waals surface area (Å²) in [5.41, 5.74) is 5.22. The van der Waals surface area contributed by atoms with Crippen LogP contribution in [0.3, 0.4) is 0 Å². The van der Waals surface area contributed by atoms with Crippen LogP contribution >= 0.6 is 0 Å². The Bertz CT molecular complexity index is 1030. The summed E-state index contributed by atoms with van der Waals surface area (Å²) >= 11 is 0. The summed E-state index contributed by atoms with van der Waals surface area (Å²) in [7, 11) is 0. The van der Waals surface area contributed by atoms with E-state index < -0.39 is 0 Å². The minimum atomic E-state index is 1.29. The fraction of sp³-hybridized carbons (Fsp3) is 0.808. The molecule has 2 rings (SSSR count). The predicted octanol–water partition coefficient (Wildman–Crippen LogP) is 18.6. The maximum Gasteiger partial charge on any atom is -0.0149 e. The molecule has 0 spiro atoms. The summed E-state index contributed by atoms with van der Waals surface area (Å²) < 4.78 is 0. The Morgan fingerprint density at radius 3 is 0.942 bits per heavy atom. The van der Waals surface area contributed by atoms with Gasteiger partial charge in [-0.05, 0) is 66.0 Å². The van der Waals surface area contributed by atoms with Gasteiger partial charge in [0.05, 0.1) is 0 Å². The van der Waals surface area contributed by atoms with E-state index in [0.29, 0.717) is 0 Å². The summed E-state index contributed by atoms with van der Waals surface area (Å²) in [6, 6.07) is 12.0. The first kappa shape index (κ1) is 46.9. The van der Waals surface area contributed by atoms with E-state index >= 15 is 0 Å². The van der Waals surface area contributed by atoms with Gasteiger partial charge in [0.25, 0.3) is 0 Å². The van der Waals surface area contributed by atoms with E-state index in [-0.39, 0.29) is 0 Å². The van der Waals surface area contributed by atoms with Crippen molar-refractivity contribution in [1.82, 2.24) is 0 Å². The highest BCUT2D eigenvalue weighted by atomic mass is 14.2. The van der Waals surface area contributed by atoms with E-state index in [1.54, 1.807) is 22.1 Å². The molecular formula is C52H92. The predicted molar refractivity (Wildman–Crippen MR) is 238 cm³/mol. The van der Waals surface area contributed by atoms with Gasteiger partial charge in [-0.1, -0.05) is 263 Å². The molecule has 0 N–H and O–H groups in total. The minimum Gasteiger partial charge on any atom is -0.0654 e. The lowest BCUT2D eigenvalue weighted by Crippen LogP contribution is -2.04. The summed E-state index contributed by atoms with van der Waals surface area (Å²) in [5.74, 6) is 0. The molecule has 0 aliphatic heterocycles. The van der Waals surface area contributed by atoms with Crippen molar-refractivity contribution in [3.8, 4) is 0 Å². The van der Waals surface area contributed by atoms with E-state index in [1.807, 2.05) is 0 Å². The van der Waals surface area contributed by atoms with Gasteiger partial charge in [-0.25, -0.2) is 0 Å². The van der Waals surface area contributed by atoms with Crippen LogP contribution in [0.25, 0.3) is 10.8 Å². The number of fused-ring (bicyclic) bond motifs is 1. The van der Waals surface area contributed by atoms with E-state index in [4.69, 9.17) is 0 Å². The van der Waals surface area contributed by atoms with Gasteiger partial charge < -0.3 is 0 Å². The third-order valence-corrected chi connectivity index (χ3v) is 12.2. The van der Waals surface area contributed by atoms with Crippen LogP contribution in [0.1, 0.15) is 269 Å². The molecule has 0 radical (unpaired) electrons. The first-order valence-corrected chi connectivity index (χ1v) is 24.3. The zero-order valence-electron chi connectivity index (χ0n) is 36.0. The van der Waals surface area contributed by atoms with Crippen molar-refractivity contribution < 1.29 is 0 Å². The molecule has 0 atom stereocenters. The third-order valence-electron chi connectivity index (χ3n) is 12.2. The minimum absolute atomic E-state index is 1.29. The molecule has 300 valence electrons. The second-order valence-corrected chi connectivity index (χ2v) is 17.1. The fourth-order valence-electron chi connectivity index (χ4n) is 8.79. The maximum absolute atomic E-state index is 2.62. The number of benzene rings is 2. The van der Waals surface area contributed by atoms with Gasteiger partial charge in [0.1, 0.15) is 0 Å². The molecule has 52 heavy (non-hydrogen) atoms. The lowest BCUT2D eigenvalue weighted by atomic mass is 9.86. The second-order valence-electron chi connectivity index (χ2n) is 17.1. The van der Waals surface area contributed by atoms with E-state index in [1.165, 1.54) is 256 Å². The Morgan fingerprint density at radius 2 is 0.577 bits per heavy atom. The van der Waals surface area contributed by atoms with Crippen LogP contribution in [-0.2, 0) is 19.3 Å². The molecule has 0 fully saturated rings. The highest BCUT2D eigenvalue weighted by molar-refractivity contribution is 5.88. The van der Waals surface area contributed by atoms with Crippen LogP contribution < -0.4 is 0 Å². The summed E-state index contributed by atoms with van der Waals surface area (Å²) in [6.45, 7) is 6.96. The smallest absolute Gasteiger partial charge is 0.0149 e. The summed E-state index contributed by atoms with van der Waals surface area (Å²) in [6.07, 6.45) is 55.5. The van der Waals surface area contributed by atoms with Gasteiger partial charge >= 0.3 is 0 Å². The van der Waals surface area contributed by atoms with Crippen molar-refractivity contribution in [2.24, 2.45) is 0 Å². The Balaban J connectivity index is 1.86. The molecule has 0 saturated heterocycles. The van der Waals surface area contributed by atoms with Crippen molar-refractivity contribution in [3.05, 3.63) is 47.0 Å². The van der Waals surface area contributed by atoms with Gasteiger partial charge in [0, 0.05) is 0 Å². The normalized spacial score (nSPS) is 11.7. The number of hydrogen-bond acceptors (Lipinski definition) is 0. The molecule has 0 saturated carbocycles. The van der Waals surface area contributed by atoms with Crippen molar-refractivity contribution >= 4 is 10.8 Å². The fourth-order valence-corrected chi connectivity index (χ4v) is 8.79. The number of aryl methyl sites for hydroxylation is 2. The van der Waals surface area contributed by atoms with E-state index in [9.17, 15) is 0 Å². The van der Waals surface area contributed by atoms with Crippen LogP contribution in [0.2, 0.25) is 0 Å². The molecular weight excluding hydrogens is 625 g/mol. The number of unbranched alkanes of at least 4 members (excludes halogenated alkanes) is 33. The van der Waals surface area contributed by atoms with Crippen molar-refractivity contribution in [1.29, 1.82) is 0 Å². The van der Waals surface area contributed by atoms with Gasteiger partial charge in [-0.15, -0.1) is 0 Å². The van der Waals surface area contributed by atoms with Crippen molar-refractivity contribution in [2.45, 2.75) is 271 Å². The van der Waals surface area contributed by atoms with Crippen molar-refractivity contribution in [2.75, 3.05) is 0 Å². The summed E-state index contributed by atoms with van der Waals surface area (Å²) in [4.78, 5) is 0. The summed E-state index contributed by atoms with van der Waals surface area (Å²) in [5, 5.41) is 3.07. The zero-order chi connectivity index (χ0) is 37.0. The standard InChI is InChI=1S/C52H92/c1-4-7-10-13-16-19-22-25-28-31-34-37-42-48-47-49-43-40-41-45-51(49)52(46-39-36-33-30-27-24-21-18-15-12-9-6-3)50(48)44-38-35-32-29-26-23-20-17-14-11-8-5-2/h40-41,43,45,47H,4-39,42,44,46H2,1-3H3. The van der Waals surface area contributed by atoms with Crippen LogP contribution in [0.15, 0.2) is 30.3 Å². The zero-order valence-corrected chi connectivity index (χ0v) is 36.0. The van der Waals surface area contributed by atoms with Crippen LogP contribution in [-0.4, -0.2) is 0 Å². The Hall–Kier alpha value is -1.30. The highest BCUT2D eigenvalue weighted by Gasteiger charge is 2.14. The van der Waals surface area contributed by atoms with Crippen molar-refractivity contribution in [3.63, 3.8) is 0 Å². The molecule has 0 heterocycles. The van der Waals surface area contributed by atoms with Gasteiger partial charge in [-0.3, -0.25) is 0 Å². The Kier molecular flexibility index (Phi) is 31.9. The van der Waals surface area contributed by atoms with Gasteiger partial charge in [0.2, 0.25) is 0 Å². The molecule has 0 aromatic heterocycles. The van der Waals surface area contributed by atoms with E-state index in [2.05, 4.69) is 51.1 Å². The topological polar surface area (TPSA) is 0 Å². The molecule has 0 amide bonds. The average molecular weight is 717 g/mol. The first-order valence-electron chi connectivity index (χ1n) is 24.3. The Labute approximate surface area is 327 Å². The van der Waals surface area contributed by atoms with E-state index in [0.717, 1.165) is 0 Å². The molecule has 0 bridgehead atoms. The molecule has 0 nitrogen and oxygen atoms in total. The highest BCUT2D eigenvalue weighted by Crippen LogP contribution is 2.31. The average Bonchev–Trinajstić information content (AvgIpc) is 3.16. The number of rotatable bonds is 39. The Morgan fingerprint density at radius 1 is 0.288 bits per heavy atom. The molecule has 0 unspecified atom stereocenters. The molecule has 0 aliphatic carbocycles. The second kappa shape index (κ2) is 35.4. The van der Waals surface area contributed by atoms with Crippen LogP contribution in [0, 0.1) is 0 Å². The lowest BCUT2D eigenvalue weighted by molar-refractivity contribution is 0.540. The molecule has 2 aromatic carbocycles. The number of hydrogen-bond donors (Lipinski definition) is 0. The van der Waals surface area contributed by atoms with Gasteiger partial charge in [-0.2, -0.15) is 0 Å². The molecule has 0 heteroatoms.